The van der Waals surface area contributed by atoms with Gasteiger partial charge in [0, 0.05) is 17.4 Å². The Balaban J connectivity index is 1.38. The smallest absolute Gasteiger partial charge is 0.352 e. The lowest BCUT2D eigenvalue weighted by Gasteiger charge is -2.49. The zero-order valence-corrected chi connectivity index (χ0v) is 22.8. The maximum Gasteiger partial charge on any atom is 0.352 e. The van der Waals surface area contributed by atoms with E-state index in [4.69, 9.17) is 27.3 Å². The van der Waals surface area contributed by atoms with Gasteiger partial charge in [-0.2, -0.15) is 0 Å². The maximum atomic E-state index is 13.2. The third-order valence-corrected chi connectivity index (χ3v) is 8.45. The van der Waals surface area contributed by atoms with Gasteiger partial charge in [-0.15, -0.1) is 16.3 Å². The quantitative estimate of drug-likeness (QED) is 0.110. The summed E-state index contributed by atoms with van der Waals surface area (Å²) in [5, 5.41) is 28.7. The standard InChI is InChI=1S/C22H19ClN8O7S2/c1-9(20(34)35)38-28-13(12-16(23)40-22(24)27-12)17(32)26-14-18(33)31-15(21(36)37)10(8-39-19(14)31)7-29-5-6-30-11(29)3-2-4-25-30/h2-6,9,14,19H,7-8H2,1H3,(H4-,24,26,27,32,34,35,36,37)/p+1/t9-,14+,19?/m0/s1. The second-order valence-corrected chi connectivity index (χ2v) is 11.3. The zero-order valence-electron chi connectivity index (χ0n) is 20.4. The highest BCUT2D eigenvalue weighted by Crippen LogP contribution is 2.40. The molecule has 0 spiro atoms. The molecule has 5 rings (SSSR count). The van der Waals surface area contributed by atoms with Crippen molar-refractivity contribution < 1.29 is 38.8 Å². The molecule has 1 saturated heterocycles. The van der Waals surface area contributed by atoms with Crippen LogP contribution in [0.15, 0.2) is 47.1 Å². The number of thiazole rings is 1. The lowest BCUT2D eigenvalue weighted by Crippen LogP contribution is -2.71. The lowest BCUT2D eigenvalue weighted by molar-refractivity contribution is -0.662. The Kier molecular flexibility index (Phi) is 7.35. The number of hydrogen-bond acceptors (Lipinski definition) is 11. The van der Waals surface area contributed by atoms with Gasteiger partial charge in [0.1, 0.15) is 39.9 Å². The number of carboxylic acid groups (broad SMARTS) is 2. The first-order valence-electron chi connectivity index (χ1n) is 11.5. The molecule has 2 amide bonds. The molecule has 0 bridgehead atoms. The third-order valence-electron chi connectivity index (χ3n) is 6.03. The van der Waals surface area contributed by atoms with Crippen molar-refractivity contribution in [2.75, 3.05) is 11.5 Å². The number of rotatable bonds is 9. The summed E-state index contributed by atoms with van der Waals surface area (Å²) in [6, 6.07) is 2.49. The summed E-state index contributed by atoms with van der Waals surface area (Å²) in [7, 11) is 0. The first-order valence-corrected chi connectivity index (χ1v) is 13.7. The van der Waals surface area contributed by atoms with E-state index in [-0.39, 0.29) is 33.2 Å². The van der Waals surface area contributed by atoms with E-state index in [9.17, 15) is 24.3 Å². The summed E-state index contributed by atoms with van der Waals surface area (Å²) in [5.74, 6) is -3.90. The van der Waals surface area contributed by atoms with Gasteiger partial charge in [0.2, 0.25) is 6.10 Å². The van der Waals surface area contributed by atoms with Crippen molar-refractivity contribution in [3.8, 4) is 0 Å². The van der Waals surface area contributed by atoms with Gasteiger partial charge in [-0.05, 0) is 13.0 Å². The number of carbonyl (C=O) groups excluding carboxylic acids is 2. The Bertz CT molecular complexity index is 1620. The van der Waals surface area contributed by atoms with Crippen LogP contribution in [-0.2, 0) is 30.6 Å². The first kappa shape index (κ1) is 27.4. The molecule has 1 unspecified atom stereocenters. The lowest BCUT2D eigenvalue weighted by atomic mass is 10.0. The van der Waals surface area contributed by atoms with Crippen molar-refractivity contribution in [1.82, 2.24) is 24.8 Å². The number of aromatic nitrogens is 4. The average Bonchev–Trinajstić information content (AvgIpc) is 3.48. The number of carbonyl (C=O) groups is 4. The number of aliphatic carboxylic acids is 2. The Labute approximate surface area is 237 Å². The number of hydrogen-bond donors (Lipinski definition) is 4. The molecular weight excluding hydrogens is 588 g/mol. The van der Waals surface area contributed by atoms with Crippen LogP contribution in [0, 0.1) is 0 Å². The number of nitrogen functional groups attached to an aromatic ring is 1. The van der Waals surface area contributed by atoms with Gasteiger partial charge in [0.15, 0.2) is 17.0 Å². The summed E-state index contributed by atoms with van der Waals surface area (Å²) < 4.78 is 3.46. The van der Waals surface area contributed by atoms with E-state index in [0.29, 0.717) is 5.57 Å². The van der Waals surface area contributed by atoms with E-state index in [2.05, 4.69) is 20.6 Å². The van der Waals surface area contributed by atoms with Gasteiger partial charge < -0.3 is 26.1 Å². The highest BCUT2D eigenvalue weighted by atomic mass is 35.5. The Morgan fingerprint density at radius 1 is 1.40 bits per heavy atom. The van der Waals surface area contributed by atoms with Gasteiger partial charge >= 0.3 is 17.6 Å². The highest BCUT2D eigenvalue weighted by molar-refractivity contribution is 8.00. The second kappa shape index (κ2) is 10.7. The molecule has 0 radical (unpaired) electrons. The predicted octanol–water partition coefficient (Wildman–Crippen LogP) is -0.0535. The summed E-state index contributed by atoms with van der Waals surface area (Å²) in [4.78, 5) is 59.8. The minimum Gasteiger partial charge on any atom is -0.478 e. The summed E-state index contributed by atoms with van der Waals surface area (Å²) >= 11 is 8.28. The van der Waals surface area contributed by atoms with Gasteiger partial charge in [-0.1, -0.05) is 33.2 Å². The van der Waals surface area contributed by atoms with Gasteiger partial charge in [0.25, 0.3) is 11.8 Å². The minimum absolute atomic E-state index is 0.00165. The number of anilines is 1. The number of β-lactam (4-membered cyclic amide) rings is 1. The molecule has 1 fully saturated rings. The second-order valence-electron chi connectivity index (χ2n) is 8.57. The van der Waals surface area contributed by atoms with Crippen LogP contribution in [0.3, 0.4) is 0 Å². The number of thioether (sulfide) groups is 1. The van der Waals surface area contributed by atoms with Crippen molar-refractivity contribution in [2.45, 2.75) is 31.0 Å². The molecule has 40 heavy (non-hydrogen) atoms. The van der Waals surface area contributed by atoms with Crippen molar-refractivity contribution in [1.29, 1.82) is 0 Å². The van der Waals surface area contributed by atoms with E-state index >= 15 is 0 Å². The van der Waals surface area contributed by atoms with Crippen LogP contribution < -0.4 is 15.6 Å². The number of oxime groups is 1. The number of nitrogens with zero attached hydrogens (tertiary/aromatic N) is 6. The van der Waals surface area contributed by atoms with Crippen LogP contribution >= 0.6 is 34.7 Å². The van der Waals surface area contributed by atoms with Gasteiger partial charge in [-0.3, -0.25) is 14.5 Å². The fourth-order valence-electron chi connectivity index (χ4n) is 4.12. The first-order chi connectivity index (χ1) is 19.1. The molecule has 0 saturated carbocycles. The molecule has 3 aromatic heterocycles. The predicted molar refractivity (Wildman–Crippen MR) is 141 cm³/mol. The number of nitrogens with two attached hydrogens (primary N) is 1. The third kappa shape index (κ3) is 4.93. The largest absolute Gasteiger partial charge is 0.478 e. The highest BCUT2D eigenvalue weighted by Gasteiger charge is 2.54. The molecule has 0 aromatic carbocycles. The van der Waals surface area contributed by atoms with Crippen LogP contribution in [-0.4, -0.2) is 82.4 Å². The Morgan fingerprint density at radius 2 is 2.17 bits per heavy atom. The molecule has 3 aromatic rings. The molecule has 2 aliphatic heterocycles. The van der Waals surface area contributed by atoms with Crippen molar-refractivity contribution >= 4 is 74.9 Å². The van der Waals surface area contributed by atoms with Crippen LogP contribution in [0.5, 0.6) is 0 Å². The number of halogens is 1. The van der Waals surface area contributed by atoms with Crippen LogP contribution in [0.1, 0.15) is 12.6 Å². The molecule has 208 valence electrons. The number of amides is 2. The molecule has 5 heterocycles. The Hall–Kier alpha value is -4.22. The fourth-order valence-corrected chi connectivity index (χ4v) is 6.39. The zero-order chi connectivity index (χ0) is 28.7. The van der Waals surface area contributed by atoms with E-state index in [1.165, 1.54) is 18.7 Å². The monoisotopic (exact) mass is 607 g/mol. The minimum atomic E-state index is -1.40. The number of fused-ring (bicyclic) bond motifs is 2. The van der Waals surface area contributed by atoms with Gasteiger partial charge in [0.05, 0.1) is 6.20 Å². The number of imidazole rings is 1. The van der Waals surface area contributed by atoms with Crippen molar-refractivity contribution in [2.24, 2.45) is 5.16 Å². The van der Waals surface area contributed by atoms with Crippen LogP contribution in [0.2, 0.25) is 4.34 Å². The van der Waals surface area contributed by atoms with E-state index in [0.717, 1.165) is 21.9 Å². The molecule has 15 nitrogen and oxygen atoms in total. The van der Waals surface area contributed by atoms with Gasteiger partial charge in [-0.25, -0.2) is 19.1 Å². The molecular formula is C22H20ClN8O7S2+. The summed E-state index contributed by atoms with van der Waals surface area (Å²) in [6.07, 6.45) is 3.72. The van der Waals surface area contributed by atoms with Crippen LogP contribution in [0.4, 0.5) is 5.13 Å². The number of nitrogens with one attached hydrogen (secondary N) is 1. The SMILES string of the molecule is C[C@H](ON=C(C(=O)N[C@@H]1C(=O)N2C(C(=O)O)=C(C[n+]3ccn4ncccc43)CSC12)c1nc(N)sc1Cl)C(=O)O. The van der Waals surface area contributed by atoms with E-state index in [1.807, 2.05) is 10.6 Å². The van der Waals surface area contributed by atoms with E-state index in [1.54, 1.807) is 29.2 Å². The summed E-state index contributed by atoms with van der Waals surface area (Å²) in [6.45, 7) is 1.41. The van der Waals surface area contributed by atoms with Crippen molar-refractivity contribution in [3.05, 3.63) is 52.0 Å². The average molecular weight is 608 g/mol. The maximum absolute atomic E-state index is 13.2. The fraction of sp³-hybridized carbons (Fsp3) is 0.273. The summed E-state index contributed by atoms with van der Waals surface area (Å²) in [5.41, 5.74) is 6.13. The molecule has 0 aliphatic carbocycles. The molecule has 5 N–H and O–H groups in total. The topological polar surface area (TPSA) is 206 Å². The van der Waals surface area contributed by atoms with E-state index < -0.39 is 47.0 Å². The molecule has 2 aliphatic rings. The number of carboxylic acids is 2. The normalized spacial score (nSPS) is 19.7. The van der Waals surface area contributed by atoms with Crippen molar-refractivity contribution in [3.63, 3.8) is 0 Å². The van der Waals surface area contributed by atoms with Crippen LogP contribution in [0.25, 0.3) is 5.65 Å². The Morgan fingerprint density at radius 3 is 2.85 bits per heavy atom. The molecule has 18 heteroatoms. The molecule has 3 atom stereocenters.